The van der Waals surface area contributed by atoms with Crippen molar-refractivity contribution in [1.82, 2.24) is 15.1 Å². The zero-order chi connectivity index (χ0) is 18.0. The number of amides is 1. The first-order chi connectivity index (χ1) is 12.7. The van der Waals surface area contributed by atoms with E-state index in [2.05, 4.69) is 46.3 Å². The SMILES string of the molecule is CCN1CC2(CCN(C3CCNCC3)CC2)CC(c2ccccc2)C1=O.Cl.Cl. The fourth-order valence-electron chi connectivity index (χ4n) is 5.40. The molecule has 1 spiro atoms. The first kappa shape index (κ1) is 23.5. The van der Waals surface area contributed by atoms with Crippen LogP contribution in [-0.4, -0.2) is 61.0 Å². The first-order valence-electron chi connectivity index (χ1n) is 10.5. The second-order valence-electron chi connectivity index (χ2n) is 8.54. The summed E-state index contributed by atoms with van der Waals surface area (Å²) < 4.78 is 0. The van der Waals surface area contributed by atoms with Gasteiger partial charge in [0.1, 0.15) is 0 Å². The summed E-state index contributed by atoms with van der Waals surface area (Å²) in [7, 11) is 0. The molecule has 0 radical (unpaired) electrons. The molecule has 0 aromatic heterocycles. The highest BCUT2D eigenvalue weighted by Crippen LogP contribution is 2.46. The van der Waals surface area contributed by atoms with Gasteiger partial charge in [-0.05, 0) is 76.2 Å². The summed E-state index contributed by atoms with van der Waals surface area (Å²) in [6, 6.07) is 11.2. The molecule has 0 aliphatic carbocycles. The second kappa shape index (κ2) is 10.3. The predicted molar refractivity (Wildman–Crippen MR) is 120 cm³/mol. The molecule has 6 heteroatoms. The van der Waals surface area contributed by atoms with Gasteiger partial charge in [-0.2, -0.15) is 0 Å². The minimum atomic E-state index is 0. The van der Waals surface area contributed by atoms with Crippen LogP contribution >= 0.6 is 24.8 Å². The maximum Gasteiger partial charge on any atom is 0.230 e. The van der Waals surface area contributed by atoms with Gasteiger partial charge in [0.25, 0.3) is 0 Å². The Morgan fingerprint density at radius 2 is 1.71 bits per heavy atom. The first-order valence-corrected chi connectivity index (χ1v) is 10.5. The summed E-state index contributed by atoms with van der Waals surface area (Å²) in [5, 5.41) is 3.48. The van der Waals surface area contributed by atoms with Crippen LogP contribution in [0.5, 0.6) is 0 Å². The van der Waals surface area contributed by atoms with Crippen molar-refractivity contribution < 1.29 is 4.79 Å². The molecule has 1 N–H and O–H groups in total. The predicted octanol–water partition coefficient (Wildman–Crippen LogP) is 3.70. The van der Waals surface area contributed by atoms with Gasteiger partial charge in [-0.1, -0.05) is 30.3 Å². The molecule has 1 amide bonds. The lowest BCUT2D eigenvalue weighted by Crippen LogP contribution is -2.55. The summed E-state index contributed by atoms with van der Waals surface area (Å²) in [5.74, 6) is 0.389. The fraction of sp³-hybridized carbons (Fsp3) is 0.682. The van der Waals surface area contributed by atoms with E-state index in [0.717, 1.165) is 25.6 Å². The number of likely N-dealkylation sites (N-methyl/N-ethyl adjacent to an activating group) is 1. The van der Waals surface area contributed by atoms with Crippen molar-refractivity contribution in [2.24, 2.45) is 5.41 Å². The Balaban J connectivity index is 0.00000140. The highest BCUT2D eigenvalue weighted by Gasteiger charge is 2.46. The largest absolute Gasteiger partial charge is 0.342 e. The van der Waals surface area contributed by atoms with E-state index in [1.807, 2.05) is 6.07 Å². The topological polar surface area (TPSA) is 35.6 Å². The van der Waals surface area contributed by atoms with Crippen molar-refractivity contribution in [2.75, 3.05) is 39.3 Å². The molecule has 0 saturated carbocycles. The van der Waals surface area contributed by atoms with Crippen LogP contribution in [0, 0.1) is 5.41 Å². The number of nitrogens with one attached hydrogen (secondary N) is 1. The van der Waals surface area contributed by atoms with Crippen LogP contribution in [0.3, 0.4) is 0 Å². The minimum absolute atomic E-state index is 0. The van der Waals surface area contributed by atoms with Crippen LogP contribution in [0.1, 0.15) is 50.5 Å². The van der Waals surface area contributed by atoms with Crippen molar-refractivity contribution >= 4 is 30.7 Å². The molecule has 3 heterocycles. The van der Waals surface area contributed by atoms with Crippen molar-refractivity contribution in [3.05, 3.63) is 35.9 Å². The fourth-order valence-corrected chi connectivity index (χ4v) is 5.40. The molecule has 4 nitrogen and oxygen atoms in total. The van der Waals surface area contributed by atoms with E-state index in [-0.39, 0.29) is 30.7 Å². The van der Waals surface area contributed by atoms with Gasteiger partial charge in [-0.3, -0.25) is 4.79 Å². The van der Waals surface area contributed by atoms with Crippen molar-refractivity contribution in [2.45, 2.75) is 51.0 Å². The zero-order valence-corrected chi connectivity index (χ0v) is 18.6. The molecule has 158 valence electrons. The lowest BCUT2D eigenvalue weighted by Gasteiger charge is -2.51. The minimum Gasteiger partial charge on any atom is -0.342 e. The van der Waals surface area contributed by atoms with Gasteiger partial charge in [0.05, 0.1) is 5.92 Å². The molecule has 1 atom stereocenters. The molecular weight excluding hydrogens is 393 g/mol. The molecule has 28 heavy (non-hydrogen) atoms. The van der Waals surface area contributed by atoms with Crippen molar-refractivity contribution in [3.8, 4) is 0 Å². The molecular formula is C22H35Cl2N3O. The van der Waals surface area contributed by atoms with Crippen LogP contribution in [0.15, 0.2) is 30.3 Å². The second-order valence-corrected chi connectivity index (χ2v) is 8.54. The Hall–Kier alpha value is -0.810. The third-order valence-electron chi connectivity index (χ3n) is 7.04. The summed E-state index contributed by atoms with van der Waals surface area (Å²) in [4.78, 5) is 17.9. The standard InChI is InChI=1S/C22H33N3O.2ClH/c1-2-24-17-22(16-20(21(24)26)18-6-4-3-5-7-18)10-14-25(15-11-22)19-8-12-23-13-9-19;;/h3-7,19-20,23H,2,8-17H2,1H3;2*1H. The number of hydrogen-bond donors (Lipinski definition) is 1. The van der Waals surface area contributed by atoms with E-state index in [4.69, 9.17) is 0 Å². The molecule has 3 aliphatic rings. The van der Waals surface area contributed by atoms with Gasteiger partial charge in [0.2, 0.25) is 5.91 Å². The Labute approximate surface area is 182 Å². The Morgan fingerprint density at radius 3 is 2.32 bits per heavy atom. The Kier molecular flexibility index (Phi) is 8.62. The van der Waals surface area contributed by atoms with E-state index in [1.165, 1.54) is 57.4 Å². The lowest BCUT2D eigenvalue weighted by atomic mass is 9.67. The average Bonchev–Trinajstić information content (AvgIpc) is 2.71. The van der Waals surface area contributed by atoms with Crippen LogP contribution in [-0.2, 0) is 4.79 Å². The number of likely N-dealkylation sites (tertiary alicyclic amines) is 2. The Morgan fingerprint density at radius 1 is 1.07 bits per heavy atom. The average molecular weight is 428 g/mol. The van der Waals surface area contributed by atoms with Gasteiger partial charge < -0.3 is 15.1 Å². The van der Waals surface area contributed by atoms with E-state index in [0.29, 0.717) is 11.3 Å². The monoisotopic (exact) mass is 427 g/mol. The maximum atomic E-state index is 13.0. The van der Waals surface area contributed by atoms with Crippen LogP contribution in [0.2, 0.25) is 0 Å². The number of halogens is 2. The molecule has 1 unspecified atom stereocenters. The maximum absolute atomic E-state index is 13.0. The number of rotatable bonds is 3. The third-order valence-corrected chi connectivity index (χ3v) is 7.04. The number of carbonyl (C=O) groups excluding carboxylic acids is 1. The van der Waals surface area contributed by atoms with Crippen LogP contribution in [0.25, 0.3) is 0 Å². The lowest BCUT2D eigenvalue weighted by molar-refractivity contribution is -0.141. The smallest absolute Gasteiger partial charge is 0.230 e. The van der Waals surface area contributed by atoms with E-state index < -0.39 is 0 Å². The number of carbonyl (C=O) groups is 1. The normalized spacial score (nSPS) is 25.8. The highest BCUT2D eigenvalue weighted by atomic mass is 35.5. The van der Waals surface area contributed by atoms with Gasteiger partial charge >= 0.3 is 0 Å². The highest BCUT2D eigenvalue weighted by molar-refractivity contribution is 5.86. The summed E-state index contributed by atoms with van der Waals surface area (Å²) >= 11 is 0. The summed E-state index contributed by atoms with van der Waals surface area (Å²) in [6.45, 7) is 8.67. The zero-order valence-electron chi connectivity index (χ0n) is 16.9. The summed E-state index contributed by atoms with van der Waals surface area (Å²) in [5.41, 5.74) is 1.52. The third kappa shape index (κ3) is 4.84. The van der Waals surface area contributed by atoms with E-state index in [1.54, 1.807) is 0 Å². The molecule has 0 bridgehead atoms. The number of piperidine rings is 3. The molecule has 1 aromatic rings. The molecule has 3 aliphatic heterocycles. The van der Waals surface area contributed by atoms with Crippen LogP contribution in [0.4, 0.5) is 0 Å². The number of nitrogens with zero attached hydrogens (tertiary/aromatic N) is 2. The quantitative estimate of drug-likeness (QED) is 0.798. The molecule has 3 saturated heterocycles. The van der Waals surface area contributed by atoms with E-state index in [9.17, 15) is 4.79 Å². The van der Waals surface area contributed by atoms with Crippen molar-refractivity contribution in [1.29, 1.82) is 0 Å². The van der Waals surface area contributed by atoms with E-state index >= 15 is 0 Å². The van der Waals surface area contributed by atoms with Gasteiger partial charge in [-0.15, -0.1) is 24.8 Å². The Bertz CT molecular complexity index is 613. The molecule has 1 aromatic carbocycles. The molecule has 4 rings (SSSR count). The van der Waals surface area contributed by atoms with Gasteiger partial charge in [0.15, 0.2) is 0 Å². The van der Waals surface area contributed by atoms with Gasteiger partial charge in [0, 0.05) is 19.1 Å². The summed E-state index contributed by atoms with van der Waals surface area (Å²) in [6.07, 6.45) is 6.10. The molecule has 3 fully saturated rings. The van der Waals surface area contributed by atoms with Crippen LogP contribution < -0.4 is 5.32 Å². The van der Waals surface area contributed by atoms with Gasteiger partial charge in [-0.25, -0.2) is 0 Å². The van der Waals surface area contributed by atoms with Crippen molar-refractivity contribution in [3.63, 3.8) is 0 Å². The number of hydrogen-bond acceptors (Lipinski definition) is 3. The number of benzene rings is 1.